The maximum atomic E-state index is 13.2. The van der Waals surface area contributed by atoms with Crippen molar-refractivity contribution in [2.24, 2.45) is 5.73 Å². The molecule has 1 aromatic rings. The van der Waals surface area contributed by atoms with Crippen molar-refractivity contribution in [1.82, 2.24) is 0 Å². The van der Waals surface area contributed by atoms with E-state index in [0.29, 0.717) is 11.4 Å². The fraction of sp³-hybridized carbons (Fsp3) is 0.200. The monoisotopic (exact) mass is 247 g/mol. The lowest BCUT2D eigenvalue weighted by molar-refractivity contribution is 0.404. The average Bonchev–Trinajstić information content (AvgIpc) is 2.34. The zero-order valence-corrected chi connectivity index (χ0v) is 10.7. The molecule has 0 bridgehead atoms. The zero-order chi connectivity index (χ0) is 13.5. The summed E-state index contributed by atoms with van der Waals surface area (Å²) in [6.45, 7) is 7.02. The van der Waals surface area contributed by atoms with Crippen LogP contribution in [0.4, 0.5) is 4.39 Å². The Morgan fingerprint density at radius 3 is 2.39 bits per heavy atom. The third-order valence-corrected chi connectivity index (χ3v) is 2.32. The molecule has 0 radical (unpaired) electrons. The van der Waals surface area contributed by atoms with E-state index in [1.807, 2.05) is 12.1 Å². The second kappa shape index (κ2) is 6.64. The van der Waals surface area contributed by atoms with Gasteiger partial charge in [-0.2, -0.15) is 0 Å². The Hall–Kier alpha value is -2.03. The highest BCUT2D eigenvalue weighted by Gasteiger charge is 2.04. The Morgan fingerprint density at radius 2 is 1.94 bits per heavy atom. The normalized spacial score (nSPS) is 12.4. The van der Waals surface area contributed by atoms with E-state index < -0.39 is 5.83 Å². The number of halogens is 1. The van der Waals surface area contributed by atoms with Crippen LogP contribution in [0, 0.1) is 0 Å². The molecule has 0 aliphatic carbocycles. The Balaban J connectivity index is 2.86. The van der Waals surface area contributed by atoms with E-state index in [2.05, 4.69) is 13.5 Å². The van der Waals surface area contributed by atoms with E-state index in [4.69, 9.17) is 10.5 Å². The Labute approximate surface area is 107 Å². The Morgan fingerprint density at radius 1 is 1.33 bits per heavy atom. The van der Waals surface area contributed by atoms with Gasteiger partial charge < -0.3 is 10.5 Å². The molecule has 0 unspecified atom stereocenters. The number of aryl methyl sites for hydroxylation is 1. The molecule has 0 aliphatic heterocycles. The van der Waals surface area contributed by atoms with Crippen LogP contribution in [0.5, 0.6) is 5.75 Å². The van der Waals surface area contributed by atoms with E-state index in [0.717, 1.165) is 6.42 Å². The Kier molecular flexibility index (Phi) is 5.18. The highest BCUT2D eigenvalue weighted by Crippen LogP contribution is 2.19. The van der Waals surface area contributed by atoms with E-state index >= 15 is 0 Å². The first-order valence-corrected chi connectivity index (χ1v) is 5.78. The molecule has 1 rings (SSSR count). The molecule has 0 aliphatic rings. The maximum absolute atomic E-state index is 13.2. The highest BCUT2D eigenvalue weighted by atomic mass is 19.1. The van der Waals surface area contributed by atoms with Crippen LogP contribution in [0.25, 0.3) is 0 Å². The minimum Gasteiger partial charge on any atom is -0.454 e. The molecule has 0 fully saturated rings. The van der Waals surface area contributed by atoms with Crippen molar-refractivity contribution in [3.63, 3.8) is 0 Å². The molecule has 0 aromatic heterocycles. The number of hydrogen-bond acceptors (Lipinski definition) is 2. The minimum absolute atomic E-state index is 0.0593. The minimum atomic E-state index is -0.632. The van der Waals surface area contributed by atoms with Gasteiger partial charge in [0.25, 0.3) is 0 Å². The summed E-state index contributed by atoms with van der Waals surface area (Å²) in [5.74, 6) is -0.00330. The second-order valence-corrected chi connectivity index (χ2v) is 3.95. The highest BCUT2D eigenvalue weighted by molar-refractivity contribution is 5.32. The molecule has 0 spiro atoms. The van der Waals surface area contributed by atoms with Gasteiger partial charge in [0.05, 0.1) is 0 Å². The molecule has 0 amide bonds. The Bertz CT molecular complexity index is 468. The lowest BCUT2D eigenvalue weighted by Crippen LogP contribution is -1.96. The molecule has 0 atom stereocenters. The summed E-state index contributed by atoms with van der Waals surface area (Å²) in [4.78, 5) is 0. The fourth-order valence-electron chi connectivity index (χ4n) is 1.31. The van der Waals surface area contributed by atoms with Crippen LogP contribution in [0.2, 0.25) is 0 Å². The number of rotatable bonds is 5. The van der Waals surface area contributed by atoms with Crippen LogP contribution >= 0.6 is 0 Å². The SMILES string of the molecule is C=C(F)/C(=C\C=C(/C)N)Oc1ccc(CC)cc1. The number of hydrogen-bond donors (Lipinski definition) is 1. The third kappa shape index (κ3) is 4.45. The number of nitrogens with two attached hydrogens (primary N) is 1. The van der Waals surface area contributed by atoms with Crippen LogP contribution in [0.15, 0.2) is 60.3 Å². The van der Waals surface area contributed by atoms with Gasteiger partial charge in [0, 0.05) is 5.70 Å². The molecule has 1 aromatic carbocycles. The second-order valence-electron chi connectivity index (χ2n) is 3.95. The van der Waals surface area contributed by atoms with Gasteiger partial charge in [0.15, 0.2) is 11.6 Å². The summed E-state index contributed by atoms with van der Waals surface area (Å²) in [6, 6.07) is 7.49. The molecule has 2 nitrogen and oxygen atoms in total. The lowest BCUT2D eigenvalue weighted by Gasteiger charge is -2.08. The van der Waals surface area contributed by atoms with Crippen LogP contribution < -0.4 is 10.5 Å². The molecule has 0 saturated carbocycles. The molecule has 96 valence electrons. The van der Waals surface area contributed by atoms with Gasteiger partial charge in [0.1, 0.15) is 5.75 Å². The average molecular weight is 247 g/mol. The predicted octanol–water partition coefficient (Wildman–Crippen LogP) is 3.86. The van der Waals surface area contributed by atoms with Crippen molar-refractivity contribution < 1.29 is 9.13 Å². The van der Waals surface area contributed by atoms with Gasteiger partial charge in [0.2, 0.25) is 0 Å². The van der Waals surface area contributed by atoms with Crippen molar-refractivity contribution in [3.05, 3.63) is 65.8 Å². The zero-order valence-electron chi connectivity index (χ0n) is 10.7. The third-order valence-electron chi connectivity index (χ3n) is 2.32. The van der Waals surface area contributed by atoms with Gasteiger partial charge in [-0.3, -0.25) is 0 Å². The van der Waals surface area contributed by atoms with Crippen LogP contribution in [-0.2, 0) is 6.42 Å². The quantitative estimate of drug-likeness (QED) is 0.633. The smallest absolute Gasteiger partial charge is 0.162 e. The lowest BCUT2D eigenvalue weighted by atomic mass is 10.2. The molecule has 18 heavy (non-hydrogen) atoms. The van der Waals surface area contributed by atoms with Crippen LogP contribution in [0.1, 0.15) is 19.4 Å². The fourth-order valence-corrected chi connectivity index (χ4v) is 1.31. The molecule has 0 saturated heterocycles. The van der Waals surface area contributed by atoms with Crippen molar-refractivity contribution >= 4 is 0 Å². The summed E-state index contributed by atoms with van der Waals surface area (Å²) in [7, 11) is 0. The number of ether oxygens (including phenoxy) is 1. The number of allylic oxidation sites excluding steroid dienone is 4. The summed E-state index contributed by atoms with van der Waals surface area (Å²) < 4.78 is 18.6. The van der Waals surface area contributed by atoms with Gasteiger partial charge >= 0.3 is 0 Å². The molecule has 0 heterocycles. The molecular weight excluding hydrogens is 229 g/mol. The first-order valence-electron chi connectivity index (χ1n) is 5.78. The van der Waals surface area contributed by atoms with Gasteiger partial charge in [-0.25, -0.2) is 4.39 Å². The van der Waals surface area contributed by atoms with E-state index in [-0.39, 0.29) is 5.76 Å². The first-order chi connectivity index (χ1) is 8.52. The van der Waals surface area contributed by atoms with Crippen molar-refractivity contribution in [3.8, 4) is 5.75 Å². The predicted molar refractivity (Wildman–Crippen MR) is 72.7 cm³/mol. The largest absolute Gasteiger partial charge is 0.454 e. The van der Waals surface area contributed by atoms with Crippen LogP contribution in [-0.4, -0.2) is 0 Å². The summed E-state index contributed by atoms with van der Waals surface area (Å²) >= 11 is 0. The molecule has 2 N–H and O–H groups in total. The van der Waals surface area contributed by atoms with Crippen molar-refractivity contribution in [2.45, 2.75) is 20.3 Å². The van der Waals surface area contributed by atoms with Crippen molar-refractivity contribution in [1.29, 1.82) is 0 Å². The standard InChI is InChI=1S/C15H18FNO/c1-4-13-6-8-14(9-7-13)18-15(12(3)16)10-5-11(2)17/h5-10H,3-4,17H2,1-2H3/b11-5+,15-10+. The van der Waals surface area contributed by atoms with Gasteiger partial charge in [-0.15, -0.1) is 0 Å². The van der Waals surface area contributed by atoms with Gasteiger partial charge in [-0.05, 0) is 43.2 Å². The topological polar surface area (TPSA) is 35.2 Å². The van der Waals surface area contributed by atoms with E-state index in [1.165, 1.54) is 11.6 Å². The van der Waals surface area contributed by atoms with E-state index in [1.54, 1.807) is 25.1 Å². The summed E-state index contributed by atoms with van der Waals surface area (Å²) in [5.41, 5.74) is 7.25. The first kappa shape index (κ1) is 14.0. The van der Waals surface area contributed by atoms with Crippen molar-refractivity contribution in [2.75, 3.05) is 0 Å². The van der Waals surface area contributed by atoms with Gasteiger partial charge in [-0.1, -0.05) is 25.6 Å². The van der Waals surface area contributed by atoms with E-state index in [9.17, 15) is 4.39 Å². The number of benzene rings is 1. The van der Waals surface area contributed by atoms with Crippen LogP contribution in [0.3, 0.4) is 0 Å². The molecular formula is C15H18FNO. The molecule has 3 heteroatoms. The summed E-state index contributed by atoms with van der Waals surface area (Å²) in [5, 5.41) is 0. The summed E-state index contributed by atoms with van der Waals surface area (Å²) in [6.07, 6.45) is 3.99. The maximum Gasteiger partial charge on any atom is 0.162 e.